The highest BCUT2D eigenvalue weighted by Gasteiger charge is 2.27. The lowest BCUT2D eigenvalue weighted by Crippen LogP contribution is -2.11. The number of unbranched alkanes of at least 4 members (excludes halogenated alkanes) is 1. The first kappa shape index (κ1) is 14.0. The first-order valence-electron chi connectivity index (χ1n) is 7.29. The molecule has 100 valence electrons. The highest BCUT2D eigenvalue weighted by atomic mass is 31.1. The molecule has 1 aromatic carbocycles. The number of benzene rings is 1. The summed E-state index contributed by atoms with van der Waals surface area (Å²) in [5.74, 6) is 0. The zero-order valence-corrected chi connectivity index (χ0v) is 12.9. The van der Waals surface area contributed by atoms with Gasteiger partial charge in [-0.3, -0.25) is 5.09 Å². The van der Waals surface area contributed by atoms with Crippen LogP contribution in [-0.2, 0) is 0 Å². The van der Waals surface area contributed by atoms with Crippen molar-refractivity contribution in [2.75, 3.05) is 12.7 Å². The quantitative estimate of drug-likeness (QED) is 0.587. The third-order valence-corrected chi connectivity index (χ3v) is 6.46. The number of hydrogen-bond donors (Lipinski definition) is 1. The fraction of sp³-hybridized carbons (Fsp3) is 0.625. The first-order valence-corrected chi connectivity index (χ1v) is 8.88. The van der Waals surface area contributed by atoms with Crippen molar-refractivity contribution >= 4 is 8.07 Å². The van der Waals surface area contributed by atoms with Crippen LogP contribution in [0.15, 0.2) is 18.2 Å². The molecule has 1 heterocycles. The fourth-order valence-corrected chi connectivity index (χ4v) is 5.57. The second-order valence-corrected chi connectivity index (χ2v) is 7.86. The summed E-state index contributed by atoms with van der Waals surface area (Å²) in [4.78, 5) is 0. The predicted octanol–water partition coefficient (Wildman–Crippen LogP) is 4.92. The molecule has 18 heavy (non-hydrogen) atoms. The van der Waals surface area contributed by atoms with E-state index >= 15 is 0 Å². The lowest BCUT2D eigenvalue weighted by Gasteiger charge is -2.22. The van der Waals surface area contributed by atoms with Gasteiger partial charge in [-0.2, -0.15) is 0 Å². The van der Waals surface area contributed by atoms with Crippen LogP contribution in [0.2, 0.25) is 0 Å². The molecular formula is C16H26NP. The molecule has 1 N–H and O–H groups in total. The molecule has 1 nitrogen and oxygen atoms in total. The van der Waals surface area contributed by atoms with Crippen LogP contribution in [0.5, 0.6) is 0 Å². The third-order valence-electron chi connectivity index (χ3n) is 3.73. The van der Waals surface area contributed by atoms with E-state index in [2.05, 4.69) is 44.1 Å². The maximum absolute atomic E-state index is 3.83. The molecule has 0 amide bonds. The molecular weight excluding hydrogens is 237 g/mol. The van der Waals surface area contributed by atoms with E-state index in [-0.39, 0.29) is 8.07 Å². The molecule has 2 atom stereocenters. The maximum atomic E-state index is 3.83. The van der Waals surface area contributed by atoms with E-state index in [1.54, 1.807) is 5.56 Å². The van der Waals surface area contributed by atoms with Gasteiger partial charge in [0.15, 0.2) is 0 Å². The molecule has 1 fully saturated rings. The molecule has 0 spiro atoms. The number of aryl methyl sites for hydroxylation is 2. The second kappa shape index (κ2) is 6.68. The van der Waals surface area contributed by atoms with Gasteiger partial charge in [-0.25, -0.2) is 0 Å². The molecule has 1 aliphatic rings. The van der Waals surface area contributed by atoms with E-state index in [0.29, 0.717) is 0 Å². The molecule has 1 unspecified atom stereocenters. The average Bonchev–Trinajstić information content (AvgIpc) is 2.76. The normalized spacial score (nSPS) is 23.5. The van der Waals surface area contributed by atoms with Gasteiger partial charge in [0.1, 0.15) is 0 Å². The standard InChI is InChI=1S/C16H26NP/c1-4-5-8-17-18-9-6-7-16(18)15-11-13(2)10-14(3)12-15/h10-12,16-17H,4-9H2,1-3H3/t16-,18?/m0/s1. The van der Waals surface area contributed by atoms with Crippen LogP contribution in [0.4, 0.5) is 0 Å². The van der Waals surface area contributed by atoms with Gasteiger partial charge in [0, 0.05) is 5.66 Å². The van der Waals surface area contributed by atoms with E-state index < -0.39 is 0 Å². The van der Waals surface area contributed by atoms with Crippen molar-refractivity contribution in [1.29, 1.82) is 0 Å². The van der Waals surface area contributed by atoms with E-state index in [9.17, 15) is 0 Å². The smallest absolute Gasteiger partial charge is 0.0172 e. The topological polar surface area (TPSA) is 12.0 Å². The summed E-state index contributed by atoms with van der Waals surface area (Å²) in [5, 5.41) is 3.83. The maximum Gasteiger partial charge on any atom is 0.0172 e. The van der Waals surface area contributed by atoms with Crippen LogP contribution in [0.3, 0.4) is 0 Å². The minimum Gasteiger partial charge on any atom is -0.295 e. The molecule has 0 bridgehead atoms. The van der Waals surface area contributed by atoms with Gasteiger partial charge < -0.3 is 0 Å². The number of hydrogen-bond acceptors (Lipinski definition) is 1. The summed E-state index contributed by atoms with van der Waals surface area (Å²) >= 11 is 0. The van der Waals surface area contributed by atoms with Gasteiger partial charge in [0.05, 0.1) is 0 Å². The lowest BCUT2D eigenvalue weighted by atomic mass is 10.0. The van der Waals surface area contributed by atoms with Crippen molar-refractivity contribution in [3.8, 4) is 0 Å². The van der Waals surface area contributed by atoms with E-state index in [0.717, 1.165) is 5.66 Å². The Morgan fingerprint density at radius 1 is 1.22 bits per heavy atom. The second-order valence-electron chi connectivity index (χ2n) is 5.53. The Kier molecular flexibility index (Phi) is 5.21. The Morgan fingerprint density at radius 3 is 2.61 bits per heavy atom. The Balaban J connectivity index is 2.05. The van der Waals surface area contributed by atoms with Crippen molar-refractivity contribution in [1.82, 2.24) is 5.09 Å². The summed E-state index contributed by atoms with van der Waals surface area (Å²) < 4.78 is 0. The molecule has 0 aromatic heterocycles. The van der Waals surface area contributed by atoms with Crippen LogP contribution in [0.1, 0.15) is 55.0 Å². The van der Waals surface area contributed by atoms with Crippen molar-refractivity contribution in [2.24, 2.45) is 0 Å². The highest BCUT2D eigenvalue weighted by Crippen LogP contribution is 2.56. The lowest BCUT2D eigenvalue weighted by molar-refractivity contribution is 0.764. The molecule has 2 rings (SSSR count). The van der Waals surface area contributed by atoms with Gasteiger partial charge in [-0.15, -0.1) is 0 Å². The minimum absolute atomic E-state index is 0.0288. The van der Waals surface area contributed by atoms with E-state index in [1.807, 2.05) is 0 Å². The minimum atomic E-state index is 0.0288. The van der Waals surface area contributed by atoms with Crippen LogP contribution in [0, 0.1) is 13.8 Å². The van der Waals surface area contributed by atoms with Crippen LogP contribution in [0.25, 0.3) is 0 Å². The van der Waals surface area contributed by atoms with Crippen LogP contribution >= 0.6 is 8.07 Å². The molecule has 1 aliphatic heterocycles. The molecule has 0 aliphatic carbocycles. The van der Waals surface area contributed by atoms with E-state index in [1.165, 1.54) is 49.5 Å². The molecule has 0 radical (unpaired) electrons. The highest BCUT2D eigenvalue weighted by molar-refractivity contribution is 7.56. The summed E-state index contributed by atoms with van der Waals surface area (Å²) in [6, 6.07) is 7.09. The monoisotopic (exact) mass is 263 g/mol. The Bertz CT molecular complexity index is 368. The van der Waals surface area contributed by atoms with Gasteiger partial charge in [-0.1, -0.05) is 42.7 Å². The van der Waals surface area contributed by atoms with Crippen molar-refractivity contribution in [3.63, 3.8) is 0 Å². The van der Waals surface area contributed by atoms with Crippen molar-refractivity contribution in [3.05, 3.63) is 34.9 Å². The van der Waals surface area contributed by atoms with Crippen molar-refractivity contribution in [2.45, 2.75) is 52.1 Å². The number of nitrogens with one attached hydrogen (secondary N) is 1. The predicted molar refractivity (Wildman–Crippen MR) is 82.6 cm³/mol. The third kappa shape index (κ3) is 3.56. The largest absolute Gasteiger partial charge is 0.295 e. The summed E-state index contributed by atoms with van der Waals surface area (Å²) in [5.41, 5.74) is 5.22. The van der Waals surface area contributed by atoms with Gasteiger partial charge in [0.2, 0.25) is 0 Å². The summed E-state index contributed by atoms with van der Waals surface area (Å²) in [6.45, 7) is 7.92. The Hall–Kier alpha value is -0.390. The summed E-state index contributed by atoms with van der Waals surface area (Å²) in [7, 11) is 0.0288. The molecule has 0 saturated carbocycles. The van der Waals surface area contributed by atoms with E-state index in [4.69, 9.17) is 0 Å². The van der Waals surface area contributed by atoms with Crippen molar-refractivity contribution < 1.29 is 0 Å². The number of rotatable bonds is 5. The Morgan fingerprint density at radius 2 is 1.94 bits per heavy atom. The van der Waals surface area contributed by atoms with Gasteiger partial charge in [-0.05, 0) is 59.5 Å². The average molecular weight is 263 g/mol. The molecule has 1 saturated heterocycles. The van der Waals surface area contributed by atoms with Crippen LogP contribution in [-0.4, -0.2) is 12.7 Å². The van der Waals surface area contributed by atoms with Gasteiger partial charge in [0.25, 0.3) is 0 Å². The molecule has 2 heteroatoms. The Labute approximate surface area is 113 Å². The SMILES string of the molecule is CCCCNP1CCC[C@H]1c1cc(C)cc(C)c1. The zero-order valence-electron chi connectivity index (χ0n) is 12.0. The van der Waals surface area contributed by atoms with Crippen LogP contribution < -0.4 is 5.09 Å². The fourth-order valence-electron chi connectivity index (χ4n) is 2.90. The van der Waals surface area contributed by atoms with Gasteiger partial charge >= 0.3 is 0 Å². The summed E-state index contributed by atoms with van der Waals surface area (Å²) in [6.07, 6.45) is 6.82. The first-order chi connectivity index (χ1) is 8.70. The molecule has 1 aromatic rings. The zero-order chi connectivity index (χ0) is 13.0.